The molecular formula is C6H9F2N. The fourth-order valence-electron chi connectivity index (χ4n) is 1.45. The molecule has 0 spiro atoms. The second-order valence-corrected chi connectivity index (χ2v) is 2.77. The molecule has 2 aliphatic rings. The molecule has 3 heteroatoms. The molecule has 0 aromatic carbocycles. The van der Waals surface area contributed by atoms with E-state index in [4.69, 9.17) is 1.37 Å². The van der Waals surface area contributed by atoms with Crippen molar-refractivity contribution < 1.29 is 10.2 Å². The highest BCUT2D eigenvalue weighted by Gasteiger charge is 2.48. The Morgan fingerprint density at radius 2 is 2.44 bits per heavy atom. The van der Waals surface area contributed by atoms with Crippen LogP contribution in [0.3, 0.4) is 0 Å². The highest BCUT2D eigenvalue weighted by molar-refractivity contribution is 4.96. The van der Waals surface area contributed by atoms with Crippen molar-refractivity contribution in [3.05, 3.63) is 0 Å². The van der Waals surface area contributed by atoms with Crippen molar-refractivity contribution in [1.82, 2.24) is 4.90 Å². The van der Waals surface area contributed by atoms with Crippen molar-refractivity contribution in [3.63, 3.8) is 0 Å². The Hall–Kier alpha value is -0.180. The van der Waals surface area contributed by atoms with E-state index >= 15 is 0 Å². The Morgan fingerprint density at radius 1 is 1.67 bits per heavy atom. The topological polar surface area (TPSA) is 3.24 Å². The van der Waals surface area contributed by atoms with Gasteiger partial charge in [0.25, 0.3) is 5.92 Å². The monoisotopic (exact) mass is 134 g/mol. The molecule has 2 saturated heterocycles. The van der Waals surface area contributed by atoms with Crippen LogP contribution in [-0.2, 0) is 0 Å². The van der Waals surface area contributed by atoms with Crippen LogP contribution in [0.25, 0.3) is 0 Å². The normalized spacial score (nSPS) is 49.8. The van der Waals surface area contributed by atoms with E-state index in [2.05, 4.69) is 0 Å². The summed E-state index contributed by atoms with van der Waals surface area (Å²) in [4.78, 5) is 1.55. The maximum Gasteiger partial charge on any atom is 0.262 e. The zero-order valence-electron chi connectivity index (χ0n) is 6.03. The zero-order chi connectivity index (χ0) is 7.41. The van der Waals surface area contributed by atoms with E-state index in [0.717, 1.165) is 0 Å². The summed E-state index contributed by atoms with van der Waals surface area (Å²) < 4.78 is 32.6. The van der Waals surface area contributed by atoms with Gasteiger partial charge in [0.1, 0.15) is 0 Å². The summed E-state index contributed by atoms with van der Waals surface area (Å²) in [6.45, 7) is 0.482. The Kier molecular flexibility index (Phi) is 0.744. The lowest BCUT2D eigenvalue weighted by atomic mass is 10.0. The fourth-order valence-corrected chi connectivity index (χ4v) is 1.45. The van der Waals surface area contributed by atoms with Gasteiger partial charge < -0.3 is 0 Å². The van der Waals surface area contributed by atoms with Crippen LogP contribution in [0.15, 0.2) is 0 Å². The number of hydrogen-bond donors (Lipinski definition) is 0. The average molecular weight is 134 g/mol. The summed E-state index contributed by atoms with van der Waals surface area (Å²) in [6.07, 6.45) is 0.350. The molecule has 0 bridgehead atoms. The van der Waals surface area contributed by atoms with Crippen molar-refractivity contribution in [2.24, 2.45) is 0 Å². The van der Waals surface area contributed by atoms with E-state index in [1.807, 2.05) is 0 Å². The van der Waals surface area contributed by atoms with Crippen LogP contribution in [0.2, 0.25) is 0 Å². The third-order valence-electron chi connectivity index (χ3n) is 2.00. The molecule has 1 nitrogen and oxygen atoms in total. The van der Waals surface area contributed by atoms with Crippen LogP contribution in [0, 0.1) is 0 Å². The molecule has 1 unspecified atom stereocenters. The molecule has 0 radical (unpaired) electrons. The number of hydrogen-bond acceptors (Lipinski definition) is 1. The SMILES string of the molecule is [2H]C12CCN1CC(F)(F)C2. The quantitative estimate of drug-likeness (QED) is 0.479. The first kappa shape index (κ1) is 4.61. The molecule has 1 atom stereocenters. The summed E-state index contributed by atoms with van der Waals surface area (Å²) in [6, 6.07) is -0.899. The van der Waals surface area contributed by atoms with Crippen LogP contribution < -0.4 is 0 Å². The van der Waals surface area contributed by atoms with Gasteiger partial charge in [-0.15, -0.1) is 0 Å². The smallest absolute Gasteiger partial charge is 0.262 e. The minimum absolute atomic E-state index is 0.198. The van der Waals surface area contributed by atoms with Gasteiger partial charge in [-0.25, -0.2) is 8.78 Å². The van der Waals surface area contributed by atoms with Gasteiger partial charge in [0.05, 0.1) is 6.54 Å². The van der Waals surface area contributed by atoms with Crippen molar-refractivity contribution in [2.45, 2.75) is 24.8 Å². The first-order valence-corrected chi connectivity index (χ1v) is 3.15. The maximum absolute atomic E-state index is 12.6. The molecule has 52 valence electrons. The van der Waals surface area contributed by atoms with Gasteiger partial charge in [-0.1, -0.05) is 0 Å². The van der Waals surface area contributed by atoms with Crippen molar-refractivity contribution in [3.8, 4) is 0 Å². The summed E-state index contributed by atoms with van der Waals surface area (Å²) in [5, 5.41) is 0. The summed E-state index contributed by atoms with van der Waals surface area (Å²) >= 11 is 0. The third kappa shape index (κ3) is 0.748. The van der Waals surface area contributed by atoms with E-state index in [1.54, 1.807) is 4.90 Å². The van der Waals surface area contributed by atoms with Gasteiger partial charge in [-0.3, -0.25) is 4.90 Å². The van der Waals surface area contributed by atoms with Crippen LogP contribution in [-0.4, -0.2) is 29.9 Å². The molecule has 2 aliphatic heterocycles. The minimum atomic E-state index is -2.60. The van der Waals surface area contributed by atoms with Gasteiger partial charge in [-0.05, 0) is 6.42 Å². The lowest BCUT2D eigenvalue weighted by Crippen LogP contribution is -2.42. The number of halogens is 2. The minimum Gasteiger partial charge on any atom is -0.294 e. The van der Waals surface area contributed by atoms with E-state index in [9.17, 15) is 8.78 Å². The van der Waals surface area contributed by atoms with Gasteiger partial charge in [0, 0.05) is 20.4 Å². The van der Waals surface area contributed by atoms with E-state index in [-0.39, 0.29) is 13.0 Å². The Morgan fingerprint density at radius 3 is 2.67 bits per heavy atom. The fraction of sp³-hybridized carbons (Fsp3) is 1.00. The van der Waals surface area contributed by atoms with Crippen molar-refractivity contribution in [1.29, 1.82) is 0 Å². The molecule has 0 aromatic heterocycles. The van der Waals surface area contributed by atoms with Crippen molar-refractivity contribution in [2.75, 3.05) is 13.1 Å². The zero-order valence-corrected chi connectivity index (χ0v) is 5.03. The van der Waals surface area contributed by atoms with E-state index < -0.39 is 11.9 Å². The van der Waals surface area contributed by atoms with E-state index in [1.165, 1.54) is 0 Å². The van der Waals surface area contributed by atoms with Crippen LogP contribution in [0.4, 0.5) is 8.78 Å². The molecule has 0 aliphatic carbocycles. The molecule has 0 saturated carbocycles. The lowest BCUT2D eigenvalue weighted by Gasteiger charge is -2.33. The van der Waals surface area contributed by atoms with Crippen LogP contribution in [0.5, 0.6) is 0 Å². The molecule has 2 fully saturated rings. The predicted molar refractivity (Wildman–Crippen MR) is 29.5 cm³/mol. The summed E-state index contributed by atoms with van der Waals surface area (Å²) in [7, 11) is 0. The highest BCUT2D eigenvalue weighted by Crippen LogP contribution is 2.38. The summed E-state index contributed by atoms with van der Waals surface area (Å²) in [5.74, 6) is -2.60. The molecule has 0 aromatic rings. The van der Waals surface area contributed by atoms with Crippen LogP contribution in [0.1, 0.15) is 14.2 Å². The number of alkyl halides is 2. The van der Waals surface area contributed by atoms with E-state index in [0.29, 0.717) is 13.0 Å². The van der Waals surface area contributed by atoms with Crippen molar-refractivity contribution >= 4 is 0 Å². The Bertz CT molecular complexity index is 173. The lowest BCUT2D eigenvalue weighted by molar-refractivity contribution is 0.0132. The van der Waals surface area contributed by atoms with Crippen LogP contribution >= 0.6 is 0 Å². The maximum atomic E-state index is 12.6. The second-order valence-electron chi connectivity index (χ2n) is 2.77. The molecule has 0 amide bonds. The Balaban J connectivity index is 2.17. The standard InChI is InChI=1S/C6H9F2N/c7-6(8)3-5-1-2-9(5)4-6/h5H,1-4H2/i5D. The Labute approximate surface area is 54.0 Å². The molecule has 0 N–H and O–H groups in total. The van der Waals surface area contributed by atoms with Gasteiger partial charge in [-0.2, -0.15) is 0 Å². The van der Waals surface area contributed by atoms with Gasteiger partial charge >= 0.3 is 0 Å². The number of rotatable bonds is 0. The number of nitrogens with zero attached hydrogens (tertiary/aromatic N) is 1. The predicted octanol–water partition coefficient (Wildman–Crippen LogP) is 1.10. The molecule has 2 heterocycles. The highest BCUT2D eigenvalue weighted by atomic mass is 19.3. The summed E-state index contributed by atoms with van der Waals surface area (Å²) in [5.41, 5.74) is 0. The van der Waals surface area contributed by atoms with Gasteiger partial charge in [0.15, 0.2) is 0 Å². The molecular weight excluding hydrogens is 124 g/mol. The first-order chi connectivity index (χ1) is 4.52. The molecule has 9 heavy (non-hydrogen) atoms. The molecule has 2 rings (SSSR count). The second kappa shape index (κ2) is 1.45. The average Bonchev–Trinajstić information content (AvgIpc) is 1.91. The number of fused-ring (bicyclic) bond motifs is 1. The largest absolute Gasteiger partial charge is 0.294 e. The van der Waals surface area contributed by atoms with Gasteiger partial charge in [0.2, 0.25) is 0 Å². The third-order valence-corrected chi connectivity index (χ3v) is 2.00. The first-order valence-electron chi connectivity index (χ1n) is 3.65.